The highest BCUT2D eigenvalue weighted by atomic mass is 35.5. The van der Waals surface area contributed by atoms with Crippen LogP contribution in [0.4, 0.5) is 11.9 Å². The van der Waals surface area contributed by atoms with E-state index in [-0.39, 0.29) is 30.2 Å². The van der Waals surface area contributed by atoms with E-state index in [0.29, 0.717) is 45.1 Å². The van der Waals surface area contributed by atoms with Gasteiger partial charge in [-0.15, -0.1) is 12.4 Å². The van der Waals surface area contributed by atoms with Gasteiger partial charge in [0.05, 0.1) is 39.6 Å². The van der Waals surface area contributed by atoms with E-state index in [4.69, 9.17) is 18.9 Å². The van der Waals surface area contributed by atoms with Crippen molar-refractivity contribution in [2.75, 3.05) is 33.8 Å². The lowest BCUT2D eigenvalue weighted by atomic mass is 10.1. The van der Waals surface area contributed by atoms with Crippen LogP contribution in [0.5, 0.6) is 28.9 Å². The van der Waals surface area contributed by atoms with Crippen LogP contribution < -0.4 is 24.3 Å². The number of nitrogens with zero attached hydrogens (tertiary/aromatic N) is 4. The second-order valence-electron chi connectivity index (χ2n) is 6.55. The average molecular weight is 460 g/mol. The molecule has 0 spiro atoms. The first kappa shape index (κ1) is 22.9. The van der Waals surface area contributed by atoms with Crippen LogP contribution in [0.15, 0.2) is 24.3 Å². The molecule has 2 N–H and O–H groups in total. The maximum Gasteiger partial charge on any atom is 0.233 e. The molecule has 0 bridgehead atoms. The van der Waals surface area contributed by atoms with Crippen molar-refractivity contribution in [1.29, 1.82) is 0 Å². The van der Waals surface area contributed by atoms with E-state index in [9.17, 15) is 5.11 Å². The van der Waals surface area contributed by atoms with Gasteiger partial charge in [-0.25, -0.2) is 15.0 Å². The Morgan fingerprint density at radius 3 is 2.19 bits per heavy atom. The molecule has 0 saturated heterocycles. The molecule has 2 heterocycles. The maximum atomic E-state index is 10.5. The van der Waals surface area contributed by atoms with E-state index >= 15 is 0 Å². The summed E-state index contributed by atoms with van der Waals surface area (Å²) in [6.45, 7) is 1.85. The normalized spacial score (nSPS) is 10.5. The Morgan fingerprint density at radius 1 is 0.812 bits per heavy atom. The Hall–Kier alpha value is -3.79. The number of anilines is 2. The molecule has 0 saturated carbocycles. The summed E-state index contributed by atoms with van der Waals surface area (Å²) in [6, 6.07) is 6.99. The second-order valence-corrected chi connectivity index (χ2v) is 6.55. The molecule has 0 fully saturated rings. The summed E-state index contributed by atoms with van der Waals surface area (Å²) in [5.41, 5.74) is 1.78. The molecule has 168 valence electrons. The fourth-order valence-electron chi connectivity index (χ4n) is 3.33. The van der Waals surface area contributed by atoms with E-state index in [1.165, 1.54) is 14.2 Å². The van der Waals surface area contributed by atoms with Gasteiger partial charge >= 0.3 is 0 Å². The predicted octanol–water partition coefficient (Wildman–Crippen LogP) is 3.79. The minimum absolute atomic E-state index is 0. The summed E-state index contributed by atoms with van der Waals surface area (Å²) in [4.78, 5) is 17.6. The van der Waals surface area contributed by atoms with Gasteiger partial charge in [-0.1, -0.05) is 0 Å². The zero-order valence-electron chi connectivity index (χ0n) is 18.1. The van der Waals surface area contributed by atoms with Gasteiger partial charge in [0.2, 0.25) is 17.8 Å². The highest BCUT2D eigenvalue weighted by Crippen LogP contribution is 2.39. The van der Waals surface area contributed by atoms with Crippen LogP contribution in [0.25, 0.3) is 21.8 Å². The fraction of sp³-hybridized carbons (Fsp3) is 0.238. The van der Waals surface area contributed by atoms with Crippen LogP contribution in [0, 0.1) is 6.92 Å². The Bertz CT molecular complexity index is 1300. The van der Waals surface area contributed by atoms with E-state index in [2.05, 4.69) is 25.3 Å². The first-order chi connectivity index (χ1) is 15.0. The molecular weight excluding hydrogens is 438 g/mol. The molecular formula is C21H22ClN5O5. The largest absolute Gasteiger partial charge is 0.497 e. The lowest BCUT2D eigenvalue weighted by Crippen LogP contribution is -2.04. The van der Waals surface area contributed by atoms with Crippen LogP contribution in [0.2, 0.25) is 0 Å². The number of aromatic hydroxyl groups is 1. The van der Waals surface area contributed by atoms with Crippen molar-refractivity contribution in [1.82, 2.24) is 19.9 Å². The molecule has 4 aromatic rings. The molecule has 0 aliphatic heterocycles. The number of hydrogen-bond donors (Lipinski definition) is 2. The molecule has 4 rings (SSSR count). The Labute approximate surface area is 190 Å². The second kappa shape index (κ2) is 9.15. The number of hydrogen-bond acceptors (Lipinski definition) is 10. The summed E-state index contributed by atoms with van der Waals surface area (Å²) in [7, 11) is 6.14. The van der Waals surface area contributed by atoms with Gasteiger partial charge in [0, 0.05) is 11.5 Å². The minimum Gasteiger partial charge on any atom is -0.497 e. The molecule has 10 nitrogen and oxygen atoms in total. The summed E-state index contributed by atoms with van der Waals surface area (Å²) >= 11 is 0. The average Bonchev–Trinajstić information content (AvgIpc) is 2.77. The maximum absolute atomic E-state index is 10.5. The van der Waals surface area contributed by atoms with Crippen LogP contribution >= 0.6 is 12.4 Å². The van der Waals surface area contributed by atoms with Gasteiger partial charge in [-0.3, -0.25) is 5.32 Å². The summed E-state index contributed by atoms with van der Waals surface area (Å²) in [5.74, 6) is 2.12. The van der Waals surface area contributed by atoms with Gasteiger partial charge in [-0.2, -0.15) is 4.98 Å². The lowest BCUT2D eigenvalue weighted by Gasteiger charge is -2.13. The number of rotatable bonds is 6. The number of methoxy groups -OCH3 is 4. The smallest absolute Gasteiger partial charge is 0.233 e. The third-order valence-electron chi connectivity index (χ3n) is 4.79. The molecule has 0 aliphatic rings. The Morgan fingerprint density at radius 2 is 1.53 bits per heavy atom. The molecule has 0 amide bonds. The number of aryl methyl sites for hydroxylation is 1. The van der Waals surface area contributed by atoms with Gasteiger partial charge in [0.1, 0.15) is 22.4 Å². The van der Waals surface area contributed by atoms with Gasteiger partial charge < -0.3 is 24.1 Å². The third-order valence-corrected chi connectivity index (χ3v) is 4.79. The van der Waals surface area contributed by atoms with Crippen molar-refractivity contribution in [3.63, 3.8) is 0 Å². The molecule has 11 heteroatoms. The first-order valence-electron chi connectivity index (χ1n) is 9.28. The Balaban J connectivity index is 0.00000289. The predicted molar refractivity (Wildman–Crippen MR) is 122 cm³/mol. The summed E-state index contributed by atoms with van der Waals surface area (Å²) in [6.07, 6.45) is 0. The lowest BCUT2D eigenvalue weighted by molar-refractivity contribution is 0.356. The Kier molecular flexibility index (Phi) is 6.54. The molecule has 32 heavy (non-hydrogen) atoms. The van der Waals surface area contributed by atoms with Crippen molar-refractivity contribution < 1.29 is 24.1 Å². The van der Waals surface area contributed by atoms with Crippen molar-refractivity contribution in [2.24, 2.45) is 0 Å². The molecule has 0 unspecified atom stereocenters. The molecule has 0 atom stereocenters. The number of aromatic nitrogens is 4. The van der Waals surface area contributed by atoms with Gasteiger partial charge in [0.25, 0.3) is 0 Å². The topological polar surface area (TPSA) is 121 Å². The number of benzene rings is 2. The SMILES string of the molecule is COc1cc(OC)c2nc(Nc3nc(O)c4c(OC)c(OC)ccc4n3)nc(C)c2c1.Cl. The van der Waals surface area contributed by atoms with Crippen molar-refractivity contribution in [2.45, 2.75) is 6.92 Å². The zero-order valence-corrected chi connectivity index (χ0v) is 18.9. The fourth-order valence-corrected chi connectivity index (χ4v) is 3.33. The van der Waals surface area contributed by atoms with E-state index < -0.39 is 0 Å². The quantitative estimate of drug-likeness (QED) is 0.440. The highest BCUT2D eigenvalue weighted by Gasteiger charge is 2.18. The van der Waals surface area contributed by atoms with E-state index in [1.807, 2.05) is 13.0 Å². The number of nitrogens with one attached hydrogen (secondary N) is 1. The highest BCUT2D eigenvalue weighted by molar-refractivity contribution is 5.93. The zero-order chi connectivity index (χ0) is 22.1. The first-order valence-corrected chi connectivity index (χ1v) is 9.28. The molecule has 0 radical (unpaired) electrons. The van der Waals surface area contributed by atoms with Crippen molar-refractivity contribution in [3.05, 3.63) is 30.0 Å². The van der Waals surface area contributed by atoms with Gasteiger partial charge in [-0.05, 0) is 25.1 Å². The molecule has 2 aromatic carbocycles. The van der Waals surface area contributed by atoms with Crippen LogP contribution in [-0.2, 0) is 0 Å². The number of fused-ring (bicyclic) bond motifs is 2. The van der Waals surface area contributed by atoms with Crippen LogP contribution in [0.3, 0.4) is 0 Å². The summed E-state index contributed by atoms with van der Waals surface area (Å²) in [5, 5.41) is 14.6. The van der Waals surface area contributed by atoms with Crippen LogP contribution in [-0.4, -0.2) is 53.5 Å². The van der Waals surface area contributed by atoms with Crippen molar-refractivity contribution >= 4 is 46.1 Å². The summed E-state index contributed by atoms with van der Waals surface area (Å²) < 4.78 is 21.4. The van der Waals surface area contributed by atoms with Crippen molar-refractivity contribution in [3.8, 4) is 28.9 Å². The third kappa shape index (κ3) is 3.92. The standard InChI is InChI=1S/C21H21N5O5.ClH/c1-10-12-8-11(28-2)9-15(30-4)17(12)24-20(22-10)26-21-23-13-6-7-14(29-3)18(31-5)16(13)19(27)25-21;/h6-9H,1-5H3,(H2,22,23,24,25,26,27);1H. The van der Waals surface area contributed by atoms with E-state index in [1.54, 1.807) is 32.4 Å². The van der Waals surface area contributed by atoms with Crippen LogP contribution in [0.1, 0.15) is 5.69 Å². The van der Waals surface area contributed by atoms with Gasteiger partial charge in [0.15, 0.2) is 11.5 Å². The molecule has 0 aliphatic carbocycles. The minimum atomic E-state index is -0.261. The number of ether oxygens (including phenoxy) is 4. The monoisotopic (exact) mass is 459 g/mol. The van der Waals surface area contributed by atoms with E-state index in [0.717, 1.165) is 5.39 Å². The molecule has 2 aromatic heterocycles. The number of halogens is 1.